The lowest BCUT2D eigenvalue weighted by Crippen LogP contribution is -2.41. The highest BCUT2D eigenvalue weighted by atomic mass is 19.1. The van der Waals surface area contributed by atoms with Gasteiger partial charge in [-0.1, -0.05) is 54.6 Å². The van der Waals surface area contributed by atoms with E-state index >= 15 is 0 Å². The Hall–Kier alpha value is -4.85. The van der Waals surface area contributed by atoms with E-state index in [-0.39, 0.29) is 18.9 Å². The van der Waals surface area contributed by atoms with Crippen molar-refractivity contribution in [3.8, 4) is 17.2 Å². The van der Waals surface area contributed by atoms with Gasteiger partial charge in [-0.25, -0.2) is 4.39 Å². The van der Waals surface area contributed by atoms with E-state index in [4.69, 9.17) is 14.2 Å². The molecule has 8 heteroatoms. The van der Waals surface area contributed by atoms with Crippen molar-refractivity contribution in [2.75, 3.05) is 26.6 Å². The van der Waals surface area contributed by atoms with E-state index in [1.807, 2.05) is 42.5 Å². The van der Waals surface area contributed by atoms with Gasteiger partial charge in [0.2, 0.25) is 5.91 Å². The van der Waals surface area contributed by atoms with Gasteiger partial charge in [0, 0.05) is 12.6 Å². The standard InChI is InChI=1S/C32H31FN2O5/c1-38-26-14-12-23(13-15-26)21-35(30(36)18-22-8-5-4-6-9-22)31(24-10-7-11-25(33)19-24)32(37)34-28-17-16-27(39-2)20-29(28)40-3/h4-17,19-20,31H,18,21H2,1-3H3,(H,34,37). The number of hydrogen-bond acceptors (Lipinski definition) is 5. The molecule has 4 aromatic rings. The van der Waals surface area contributed by atoms with Gasteiger partial charge < -0.3 is 24.4 Å². The van der Waals surface area contributed by atoms with Crippen molar-refractivity contribution < 1.29 is 28.2 Å². The van der Waals surface area contributed by atoms with Gasteiger partial charge in [0.25, 0.3) is 5.91 Å². The molecule has 0 bridgehead atoms. The van der Waals surface area contributed by atoms with E-state index in [0.717, 1.165) is 11.1 Å². The van der Waals surface area contributed by atoms with Crippen LogP contribution in [0.15, 0.2) is 97.1 Å². The van der Waals surface area contributed by atoms with Crippen molar-refractivity contribution in [3.63, 3.8) is 0 Å². The van der Waals surface area contributed by atoms with E-state index < -0.39 is 17.8 Å². The lowest BCUT2D eigenvalue weighted by molar-refractivity contribution is -0.139. The maximum absolute atomic E-state index is 14.5. The molecule has 7 nitrogen and oxygen atoms in total. The Morgan fingerprint density at radius 3 is 2.12 bits per heavy atom. The van der Waals surface area contributed by atoms with Crippen molar-refractivity contribution in [3.05, 3.63) is 120 Å². The Morgan fingerprint density at radius 2 is 1.48 bits per heavy atom. The van der Waals surface area contributed by atoms with Crippen molar-refractivity contribution in [1.82, 2.24) is 4.90 Å². The number of nitrogens with one attached hydrogen (secondary N) is 1. The Bertz CT molecular complexity index is 1440. The molecule has 0 aliphatic heterocycles. The summed E-state index contributed by atoms with van der Waals surface area (Å²) in [6.07, 6.45) is 0.0575. The first kappa shape index (κ1) is 28.2. The maximum atomic E-state index is 14.5. The highest BCUT2D eigenvalue weighted by molar-refractivity contribution is 5.99. The van der Waals surface area contributed by atoms with Gasteiger partial charge in [0.1, 0.15) is 29.1 Å². The van der Waals surface area contributed by atoms with Gasteiger partial charge in [-0.15, -0.1) is 0 Å². The van der Waals surface area contributed by atoms with Crippen molar-refractivity contribution in [1.29, 1.82) is 0 Å². The first-order chi connectivity index (χ1) is 19.4. The Labute approximate surface area is 233 Å². The number of benzene rings is 4. The van der Waals surface area contributed by atoms with Crippen molar-refractivity contribution >= 4 is 17.5 Å². The molecule has 0 saturated carbocycles. The van der Waals surface area contributed by atoms with E-state index in [1.54, 1.807) is 43.5 Å². The third-order valence-electron chi connectivity index (χ3n) is 6.42. The third kappa shape index (κ3) is 6.96. The summed E-state index contributed by atoms with van der Waals surface area (Å²) in [5.74, 6) is 0.255. The second-order valence-electron chi connectivity index (χ2n) is 9.05. The maximum Gasteiger partial charge on any atom is 0.251 e. The fourth-order valence-electron chi connectivity index (χ4n) is 4.38. The topological polar surface area (TPSA) is 77.1 Å². The monoisotopic (exact) mass is 542 g/mol. The van der Waals surface area contributed by atoms with Crippen LogP contribution >= 0.6 is 0 Å². The van der Waals surface area contributed by atoms with Gasteiger partial charge in [0.05, 0.1) is 33.4 Å². The zero-order chi connectivity index (χ0) is 28.5. The number of rotatable bonds is 11. The minimum atomic E-state index is -1.15. The normalized spacial score (nSPS) is 11.3. The van der Waals surface area contributed by atoms with E-state index in [2.05, 4.69) is 5.32 Å². The second kappa shape index (κ2) is 13.3. The first-order valence-electron chi connectivity index (χ1n) is 12.7. The van der Waals surface area contributed by atoms with Gasteiger partial charge >= 0.3 is 0 Å². The van der Waals surface area contributed by atoms with Crippen LogP contribution in [0.25, 0.3) is 0 Å². The molecule has 0 aliphatic carbocycles. The number of amides is 2. The predicted octanol–water partition coefficient (Wildman–Crippen LogP) is 5.80. The zero-order valence-corrected chi connectivity index (χ0v) is 22.6. The Kier molecular flexibility index (Phi) is 9.35. The molecule has 0 spiro atoms. The quantitative estimate of drug-likeness (QED) is 0.259. The molecule has 1 atom stereocenters. The smallest absolute Gasteiger partial charge is 0.251 e. The van der Waals surface area contributed by atoms with Crippen LogP contribution in [0.4, 0.5) is 10.1 Å². The number of ether oxygens (including phenoxy) is 3. The van der Waals surface area contributed by atoms with Crippen LogP contribution in [0.1, 0.15) is 22.7 Å². The summed E-state index contributed by atoms with van der Waals surface area (Å²) in [6, 6.07) is 26.0. The van der Waals surface area contributed by atoms with Gasteiger partial charge in [-0.3, -0.25) is 9.59 Å². The fraction of sp³-hybridized carbons (Fsp3) is 0.188. The number of anilines is 1. The minimum absolute atomic E-state index is 0.0575. The Morgan fingerprint density at radius 1 is 0.775 bits per heavy atom. The highest BCUT2D eigenvalue weighted by Gasteiger charge is 2.32. The van der Waals surface area contributed by atoms with Crippen molar-refractivity contribution in [2.24, 2.45) is 0 Å². The molecule has 4 rings (SSSR count). The second-order valence-corrected chi connectivity index (χ2v) is 9.05. The van der Waals surface area contributed by atoms with Gasteiger partial charge in [-0.2, -0.15) is 0 Å². The summed E-state index contributed by atoms with van der Waals surface area (Å²) in [7, 11) is 4.58. The van der Waals surface area contributed by atoms with E-state index in [9.17, 15) is 14.0 Å². The van der Waals surface area contributed by atoms with E-state index in [1.165, 1.54) is 37.3 Å². The third-order valence-corrected chi connectivity index (χ3v) is 6.42. The summed E-state index contributed by atoms with van der Waals surface area (Å²) >= 11 is 0. The van der Waals surface area contributed by atoms with Crippen LogP contribution < -0.4 is 19.5 Å². The Balaban J connectivity index is 1.76. The molecule has 2 amide bonds. The number of nitrogens with zero attached hydrogens (tertiary/aromatic N) is 1. The SMILES string of the molecule is COc1ccc(CN(C(=O)Cc2ccccc2)C(C(=O)Nc2ccc(OC)cc2OC)c2cccc(F)c2)cc1. The van der Waals surface area contributed by atoms with Crippen LogP contribution in [0.2, 0.25) is 0 Å². The average Bonchev–Trinajstić information content (AvgIpc) is 2.98. The first-order valence-corrected chi connectivity index (χ1v) is 12.7. The molecule has 0 fully saturated rings. The molecule has 1 N–H and O–H groups in total. The number of methoxy groups -OCH3 is 3. The van der Waals surface area contributed by atoms with Crippen LogP contribution in [-0.2, 0) is 22.6 Å². The fourth-order valence-corrected chi connectivity index (χ4v) is 4.38. The lowest BCUT2D eigenvalue weighted by atomic mass is 10.0. The summed E-state index contributed by atoms with van der Waals surface area (Å²) in [5, 5.41) is 2.88. The molecule has 40 heavy (non-hydrogen) atoms. The van der Waals surface area contributed by atoms with Crippen molar-refractivity contribution in [2.45, 2.75) is 19.0 Å². The number of halogens is 1. The molecule has 4 aromatic carbocycles. The van der Waals surface area contributed by atoms with Crippen LogP contribution in [-0.4, -0.2) is 38.0 Å². The molecular formula is C32H31FN2O5. The molecule has 0 saturated heterocycles. The zero-order valence-electron chi connectivity index (χ0n) is 22.6. The lowest BCUT2D eigenvalue weighted by Gasteiger charge is -2.32. The average molecular weight is 543 g/mol. The summed E-state index contributed by atoms with van der Waals surface area (Å²) in [4.78, 5) is 29.4. The van der Waals surface area contributed by atoms with Gasteiger partial charge in [0.15, 0.2) is 0 Å². The molecule has 0 radical (unpaired) electrons. The molecule has 0 aliphatic rings. The molecule has 0 heterocycles. The predicted molar refractivity (Wildman–Crippen MR) is 151 cm³/mol. The molecule has 0 aromatic heterocycles. The summed E-state index contributed by atoms with van der Waals surface area (Å²) in [6.45, 7) is 0.101. The summed E-state index contributed by atoms with van der Waals surface area (Å²) in [5.41, 5.74) is 2.29. The largest absolute Gasteiger partial charge is 0.497 e. The number of carbonyl (C=O) groups is 2. The molecular weight excluding hydrogens is 511 g/mol. The highest BCUT2D eigenvalue weighted by Crippen LogP contribution is 2.32. The molecule has 206 valence electrons. The summed E-state index contributed by atoms with van der Waals surface area (Å²) < 4.78 is 30.4. The van der Waals surface area contributed by atoms with Gasteiger partial charge in [-0.05, 0) is 53.1 Å². The van der Waals surface area contributed by atoms with Crippen LogP contribution in [0, 0.1) is 5.82 Å². The van der Waals surface area contributed by atoms with E-state index in [0.29, 0.717) is 28.5 Å². The van der Waals surface area contributed by atoms with Crippen LogP contribution in [0.5, 0.6) is 17.2 Å². The molecule has 1 unspecified atom stereocenters. The number of carbonyl (C=O) groups excluding carboxylic acids is 2. The van der Waals surface area contributed by atoms with Crippen LogP contribution in [0.3, 0.4) is 0 Å². The number of hydrogen-bond donors (Lipinski definition) is 1. The minimum Gasteiger partial charge on any atom is -0.497 e.